The molecule has 0 spiro atoms. The third-order valence-electron chi connectivity index (χ3n) is 2.32. The van der Waals surface area contributed by atoms with Crippen molar-refractivity contribution in [1.29, 1.82) is 0 Å². The van der Waals surface area contributed by atoms with E-state index in [1.165, 1.54) is 12.1 Å². The molecule has 0 atom stereocenters. The van der Waals surface area contributed by atoms with Gasteiger partial charge < -0.3 is 0 Å². The van der Waals surface area contributed by atoms with Crippen molar-refractivity contribution in [2.45, 2.75) is 0 Å². The fraction of sp³-hybridized carbons (Fsp3) is 0. The summed E-state index contributed by atoms with van der Waals surface area (Å²) in [5.41, 5.74) is 0. The van der Waals surface area contributed by atoms with Crippen LogP contribution in [0.5, 0.6) is 0 Å². The Morgan fingerprint density at radius 3 is 1.65 bits per heavy atom. The molecule has 2 aromatic carbocycles. The van der Waals surface area contributed by atoms with Gasteiger partial charge >= 0.3 is 114 Å². The molecule has 0 aliphatic rings. The summed E-state index contributed by atoms with van der Waals surface area (Å²) in [7, 11) is 0. The summed E-state index contributed by atoms with van der Waals surface area (Å²) in [4.78, 5) is 0. The van der Waals surface area contributed by atoms with E-state index in [9.17, 15) is 6.40 Å². The van der Waals surface area contributed by atoms with E-state index in [-0.39, 0.29) is 0 Å². The molecule has 2 nitrogen and oxygen atoms in total. The van der Waals surface area contributed by atoms with Crippen LogP contribution in [0.3, 0.4) is 0 Å². The van der Waals surface area contributed by atoms with E-state index in [0.29, 0.717) is 17.1 Å². The van der Waals surface area contributed by atoms with E-state index in [4.69, 9.17) is 23.2 Å². The molecule has 17 heavy (non-hydrogen) atoms. The SMILES string of the molecule is [O]=[Sb]([OH])([c]1cccc(Cl)c1)[c]1cccc(Cl)c1. The first-order valence-electron chi connectivity index (χ1n) is 4.85. The van der Waals surface area contributed by atoms with Crippen molar-refractivity contribution in [2.75, 3.05) is 0 Å². The minimum atomic E-state index is -4.63. The van der Waals surface area contributed by atoms with Gasteiger partial charge in [0.2, 0.25) is 0 Å². The van der Waals surface area contributed by atoms with Crippen molar-refractivity contribution < 1.29 is 6.40 Å². The third kappa shape index (κ3) is 2.89. The minimum absolute atomic E-state index is 0.387. The molecule has 0 unspecified atom stereocenters. The van der Waals surface area contributed by atoms with Crippen molar-refractivity contribution >= 4 is 49.4 Å². The maximum atomic E-state index is 12.4. The second kappa shape index (κ2) is 5.07. The first-order valence-corrected chi connectivity index (χ1v) is 10.3. The summed E-state index contributed by atoms with van der Waals surface area (Å²) in [6.45, 7) is 0. The molecule has 0 bridgehead atoms. The molecule has 0 aliphatic heterocycles. The Kier molecular flexibility index (Phi) is 3.89. The Balaban J connectivity index is 2.53. The summed E-state index contributed by atoms with van der Waals surface area (Å²) in [5.74, 6) is 0. The molecule has 1 N–H and O–H groups in total. The molecule has 0 saturated carbocycles. The first-order chi connectivity index (χ1) is 8.00. The molecular weight excluding hydrogens is 369 g/mol. The average molecular weight is 378 g/mol. The van der Waals surface area contributed by atoms with Gasteiger partial charge in [-0.2, -0.15) is 0 Å². The van der Waals surface area contributed by atoms with Crippen LogP contribution in [0.1, 0.15) is 0 Å². The van der Waals surface area contributed by atoms with Crippen LogP contribution in [0.15, 0.2) is 48.5 Å². The first kappa shape index (κ1) is 13.0. The van der Waals surface area contributed by atoms with Crippen LogP contribution in [-0.4, -0.2) is 22.6 Å². The van der Waals surface area contributed by atoms with Crippen LogP contribution in [0.4, 0.5) is 0 Å². The molecule has 0 saturated heterocycles. The van der Waals surface area contributed by atoms with Crippen LogP contribution in [0, 0.1) is 0 Å². The molecule has 0 amide bonds. The fourth-order valence-electron chi connectivity index (χ4n) is 1.48. The van der Waals surface area contributed by atoms with E-state index < -0.39 is 19.2 Å². The van der Waals surface area contributed by atoms with E-state index in [0.717, 1.165) is 0 Å². The van der Waals surface area contributed by atoms with E-state index in [1.807, 2.05) is 0 Å². The summed E-state index contributed by atoms with van der Waals surface area (Å²) in [6.07, 6.45) is 0. The van der Waals surface area contributed by atoms with Crippen molar-refractivity contribution in [3.05, 3.63) is 58.6 Å². The second-order valence-electron chi connectivity index (χ2n) is 3.54. The van der Waals surface area contributed by atoms with E-state index >= 15 is 0 Å². The summed E-state index contributed by atoms with van der Waals surface area (Å²) >= 11 is 7.02. The molecule has 2 aromatic rings. The van der Waals surface area contributed by atoms with Crippen molar-refractivity contribution in [3.63, 3.8) is 0 Å². The second-order valence-corrected chi connectivity index (χ2v) is 10.6. The van der Waals surface area contributed by atoms with Crippen LogP contribution >= 0.6 is 23.2 Å². The number of rotatable bonds is 2. The molecule has 2 rings (SSSR count). The predicted molar refractivity (Wildman–Crippen MR) is 70.8 cm³/mol. The zero-order valence-corrected chi connectivity index (χ0v) is 12.7. The van der Waals surface area contributed by atoms with Crippen LogP contribution in [0.25, 0.3) is 0 Å². The Labute approximate surface area is 114 Å². The zero-order valence-electron chi connectivity index (χ0n) is 8.68. The van der Waals surface area contributed by atoms with Crippen LogP contribution < -0.4 is 7.02 Å². The van der Waals surface area contributed by atoms with Gasteiger partial charge in [0.1, 0.15) is 0 Å². The van der Waals surface area contributed by atoms with Crippen molar-refractivity contribution in [3.8, 4) is 0 Å². The standard InChI is InChI=1S/2C6H4Cl.H2O.O.Sb/c2*7-6-4-2-1-3-5-6;;;/h2*1-2,4-5H;1H2;;/q;;;;+1/p-1. The Morgan fingerprint density at radius 2 is 1.29 bits per heavy atom. The molecule has 0 aliphatic carbocycles. The number of halogens is 2. The number of hydrogen-bond donors (Lipinski definition) is 1. The van der Waals surface area contributed by atoms with E-state index in [2.05, 4.69) is 0 Å². The third-order valence-corrected chi connectivity index (χ3v) is 8.37. The normalized spacial score (nSPS) is 11.5. The van der Waals surface area contributed by atoms with Gasteiger partial charge in [-0.3, -0.25) is 0 Å². The van der Waals surface area contributed by atoms with Gasteiger partial charge in [-0.15, -0.1) is 0 Å². The van der Waals surface area contributed by atoms with Crippen molar-refractivity contribution in [2.24, 2.45) is 0 Å². The van der Waals surface area contributed by atoms with Gasteiger partial charge in [0.15, 0.2) is 0 Å². The van der Waals surface area contributed by atoms with Gasteiger partial charge in [0, 0.05) is 0 Å². The van der Waals surface area contributed by atoms with Crippen molar-refractivity contribution in [1.82, 2.24) is 0 Å². The topological polar surface area (TPSA) is 37.3 Å². The molecule has 0 aromatic heterocycles. The molecule has 0 fully saturated rings. The average Bonchev–Trinajstić information content (AvgIpc) is 2.29. The summed E-state index contributed by atoms with van der Waals surface area (Å²) < 4.78 is 23.5. The molecule has 5 heteroatoms. The molecule has 0 heterocycles. The Bertz CT molecular complexity index is 549. The summed E-state index contributed by atoms with van der Waals surface area (Å²) in [6, 6.07) is 13.0. The number of benzene rings is 2. The van der Waals surface area contributed by atoms with E-state index in [1.54, 1.807) is 36.4 Å². The van der Waals surface area contributed by atoms with Gasteiger partial charge in [-0.05, 0) is 0 Å². The van der Waals surface area contributed by atoms with Gasteiger partial charge in [-0.1, -0.05) is 0 Å². The fourth-order valence-corrected chi connectivity index (χ4v) is 6.60. The Hall–Kier alpha value is -0.402. The molecule has 0 radical (unpaired) electrons. The van der Waals surface area contributed by atoms with Crippen LogP contribution in [0.2, 0.25) is 10.0 Å². The van der Waals surface area contributed by atoms with Gasteiger partial charge in [0.25, 0.3) is 0 Å². The van der Waals surface area contributed by atoms with Gasteiger partial charge in [-0.25, -0.2) is 0 Å². The molecule has 88 valence electrons. The zero-order chi connectivity index (χ0) is 12.5. The summed E-state index contributed by atoms with van der Waals surface area (Å²) in [5, 5.41) is 0.903. The molecular formula is C12H9Cl2O2Sb. The quantitative estimate of drug-likeness (QED) is 0.812. The predicted octanol–water partition coefficient (Wildman–Crippen LogP) is 1.97. The number of hydrogen-bond acceptors (Lipinski definition) is 1. The monoisotopic (exact) mass is 376 g/mol. The Morgan fingerprint density at radius 1 is 0.882 bits per heavy atom. The van der Waals surface area contributed by atoms with Crippen LogP contribution in [-0.2, 0) is 3.02 Å². The maximum absolute atomic E-state index is 12.4. The van der Waals surface area contributed by atoms with Gasteiger partial charge in [0.05, 0.1) is 0 Å².